The summed E-state index contributed by atoms with van der Waals surface area (Å²) in [5.41, 5.74) is -0.467. The minimum absolute atomic E-state index is 0.0973. The van der Waals surface area contributed by atoms with Crippen LogP contribution in [0.5, 0.6) is 5.75 Å². The Kier molecular flexibility index (Phi) is 8.21. The standard InChI is InChI=1S/C21H28FN3O6S/c1-2-18(16-6-7-17(22)19(12-16)31-13-15-4-5-15)24-32(28,29)11-3-10-30-14-25-9-8-20(26)23-21(25)27/h6-9,12,15,18,24H,2-5,10-11,13-14H2,1H3,(H,23,26,27)/t18-/m1/s1. The minimum Gasteiger partial charge on any atom is -0.490 e. The van der Waals surface area contributed by atoms with Crippen LogP contribution in [0, 0.1) is 11.7 Å². The van der Waals surface area contributed by atoms with E-state index in [4.69, 9.17) is 9.47 Å². The molecule has 1 fully saturated rings. The van der Waals surface area contributed by atoms with Crippen molar-refractivity contribution in [3.63, 3.8) is 0 Å². The molecule has 9 nitrogen and oxygen atoms in total. The van der Waals surface area contributed by atoms with E-state index in [0.29, 0.717) is 24.5 Å². The average molecular weight is 470 g/mol. The van der Waals surface area contributed by atoms with E-state index in [-0.39, 0.29) is 31.3 Å². The number of aromatic nitrogens is 2. The van der Waals surface area contributed by atoms with Crippen LogP contribution in [0.3, 0.4) is 0 Å². The zero-order chi connectivity index (χ0) is 23.1. The summed E-state index contributed by atoms with van der Waals surface area (Å²) in [6, 6.07) is 5.09. The van der Waals surface area contributed by atoms with Crippen LogP contribution >= 0.6 is 0 Å². The molecular formula is C21H28FN3O6S. The number of benzene rings is 1. The molecule has 0 saturated heterocycles. The first-order valence-corrected chi connectivity index (χ1v) is 12.2. The fraction of sp³-hybridized carbons (Fsp3) is 0.524. The van der Waals surface area contributed by atoms with Gasteiger partial charge in [-0.05, 0) is 49.3 Å². The third-order valence-corrected chi connectivity index (χ3v) is 6.56. The second-order valence-corrected chi connectivity index (χ2v) is 9.69. The SMILES string of the molecule is CC[C@@H](NS(=O)(=O)CCCOCn1ccc(=O)[nH]c1=O)c1ccc(F)c(OCC2CC2)c1. The van der Waals surface area contributed by atoms with Gasteiger partial charge in [0.05, 0.1) is 12.4 Å². The maximum Gasteiger partial charge on any atom is 0.330 e. The van der Waals surface area contributed by atoms with Crippen LogP contribution in [0.2, 0.25) is 0 Å². The molecule has 0 amide bonds. The minimum atomic E-state index is -3.62. The fourth-order valence-electron chi connectivity index (χ4n) is 3.06. The summed E-state index contributed by atoms with van der Waals surface area (Å²) in [5.74, 6) is -0.0247. The first kappa shape index (κ1) is 24.1. The Balaban J connectivity index is 1.49. The van der Waals surface area contributed by atoms with E-state index in [9.17, 15) is 22.4 Å². The highest BCUT2D eigenvalue weighted by atomic mass is 32.2. The summed E-state index contributed by atoms with van der Waals surface area (Å²) >= 11 is 0. The van der Waals surface area contributed by atoms with Gasteiger partial charge in [0.15, 0.2) is 11.6 Å². The summed E-state index contributed by atoms with van der Waals surface area (Å²) in [6.07, 6.45) is 4.17. The molecule has 2 N–H and O–H groups in total. The van der Waals surface area contributed by atoms with Gasteiger partial charge in [0, 0.05) is 24.9 Å². The number of halogens is 1. The Morgan fingerprint density at radius 1 is 1.28 bits per heavy atom. The number of hydrogen-bond donors (Lipinski definition) is 2. The third kappa shape index (κ3) is 7.28. The molecule has 0 unspecified atom stereocenters. The number of nitrogens with zero attached hydrogens (tertiary/aromatic N) is 1. The molecule has 176 valence electrons. The number of aromatic amines is 1. The van der Waals surface area contributed by atoms with E-state index >= 15 is 0 Å². The van der Waals surface area contributed by atoms with Gasteiger partial charge < -0.3 is 9.47 Å². The van der Waals surface area contributed by atoms with Gasteiger partial charge in [-0.2, -0.15) is 0 Å². The Hall–Kier alpha value is -2.50. The molecule has 2 aromatic rings. The van der Waals surface area contributed by atoms with Crippen LogP contribution in [0.15, 0.2) is 40.1 Å². The van der Waals surface area contributed by atoms with Crippen molar-refractivity contribution in [3.8, 4) is 5.75 Å². The van der Waals surface area contributed by atoms with Gasteiger partial charge in [-0.1, -0.05) is 13.0 Å². The second-order valence-electron chi connectivity index (χ2n) is 7.81. The zero-order valence-electron chi connectivity index (χ0n) is 17.9. The van der Waals surface area contributed by atoms with Crippen molar-refractivity contribution in [2.24, 2.45) is 5.92 Å². The molecule has 1 saturated carbocycles. The molecule has 1 aliphatic carbocycles. The quantitative estimate of drug-likeness (QED) is 0.433. The molecule has 0 aliphatic heterocycles. The highest BCUT2D eigenvalue weighted by Gasteiger charge is 2.23. The molecular weight excluding hydrogens is 441 g/mol. The Morgan fingerprint density at radius 2 is 2.06 bits per heavy atom. The Bertz CT molecular complexity index is 1130. The number of ether oxygens (including phenoxy) is 2. The first-order valence-electron chi connectivity index (χ1n) is 10.6. The third-order valence-electron chi connectivity index (χ3n) is 5.09. The largest absolute Gasteiger partial charge is 0.490 e. The Labute approximate surface area is 185 Å². The van der Waals surface area contributed by atoms with Crippen LogP contribution in [0.4, 0.5) is 4.39 Å². The first-order chi connectivity index (χ1) is 15.3. The maximum absolute atomic E-state index is 14.0. The van der Waals surface area contributed by atoms with E-state index < -0.39 is 33.1 Å². The van der Waals surface area contributed by atoms with E-state index in [0.717, 1.165) is 12.8 Å². The molecule has 0 bridgehead atoms. The lowest BCUT2D eigenvalue weighted by Crippen LogP contribution is -2.31. The lowest BCUT2D eigenvalue weighted by molar-refractivity contribution is 0.0744. The molecule has 3 rings (SSSR count). The van der Waals surface area contributed by atoms with Gasteiger partial charge in [0.2, 0.25) is 10.0 Å². The lowest BCUT2D eigenvalue weighted by Gasteiger charge is -2.19. The zero-order valence-corrected chi connectivity index (χ0v) is 18.7. The van der Waals surface area contributed by atoms with E-state index in [1.807, 2.05) is 6.92 Å². The van der Waals surface area contributed by atoms with Gasteiger partial charge >= 0.3 is 5.69 Å². The van der Waals surface area contributed by atoms with E-state index in [2.05, 4.69) is 9.71 Å². The van der Waals surface area contributed by atoms with Crippen LogP contribution in [-0.2, 0) is 21.5 Å². The Morgan fingerprint density at radius 3 is 2.75 bits per heavy atom. The van der Waals surface area contributed by atoms with Crippen molar-refractivity contribution in [2.45, 2.75) is 45.4 Å². The predicted molar refractivity (Wildman–Crippen MR) is 116 cm³/mol. The van der Waals surface area contributed by atoms with Gasteiger partial charge in [-0.15, -0.1) is 0 Å². The average Bonchev–Trinajstić information content (AvgIpc) is 3.57. The smallest absolute Gasteiger partial charge is 0.330 e. The van der Waals surface area contributed by atoms with Crippen LogP contribution < -0.4 is 20.7 Å². The molecule has 1 aromatic heterocycles. The molecule has 1 heterocycles. The number of H-pyrrole nitrogens is 1. The summed E-state index contributed by atoms with van der Waals surface area (Å²) < 4.78 is 53.7. The summed E-state index contributed by atoms with van der Waals surface area (Å²) in [7, 11) is -3.62. The molecule has 0 radical (unpaired) electrons. The monoisotopic (exact) mass is 469 g/mol. The van der Waals surface area contributed by atoms with Gasteiger partial charge in [-0.25, -0.2) is 22.3 Å². The van der Waals surface area contributed by atoms with Crippen LogP contribution in [0.1, 0.15) is 44.2 Å². The lowest BCUT2D eigenvalue weighted by atomic mass is 10.1. The van der Waals surface area contributed by atoms with E-state index in [1.165, 1.54) is 22.9 Å². The van der Waals surface area contributed by atoms with Crippen molar-refractivity contribution in [2.75, 3.05) is 19.0 Å². The molecule has 1 aromatic carbocycles. The van der Waals surface area contributed by atoms with Crippen molar-refractivity contribution < 1.29 is 22.3 Å². The van der Waals surface area contributed by atoms with Gasteiger partial charge in [0.25, 0.3) is 5.56 Å². The summed E-state index contributed by atoms with van der Waals surface area (Å²) in [4.78, 5) is 24.7. The van der Waals surface area contributed by atoms with Crippen LogP contribution in [-0.4, -0.2) is 36.9 Å². The number of sulfonamides is 1. The summed E-state index contributed by atoms with van der Waals surface area (Å²) in [6.45, 7) is 2.32. The molecule has 1 aliphatic rings. The topological polar surface area (TPSA) is 119 Å². The van der Waals surface area contributed by atoms with Gasteiger partial charge in [-0.3, -0.25) is 14.3 Å². The van der Waals surface area contributed by atoms with Crippen molar-refractivity contribution in [3.05, 3.63) is 62.7 Å². The second kappa shape index (κ2) is 10.9. The van der Waals surface area contributed by atoms with E-state index in [1.54, 1.807) is 12.1 Å². The predicted octanol–water partition coefficient (Wildman–Crippen LogP) is 1.90. The summed E-state index contributed by atoms with van der Waals surface area (Å²) in [5, 5.41) is 0. The number of nitrogens with one attached hydrogen (secondary N) is 2. The van der Waals surface area contributed by atoms with Crippen LogP contribution in [0.25, 0.3) is 0 Å². The number of hydrogen-bond acceptors (Lipinski definition) is 6. The fourth-order valence-corrected chi connectivity index (χ4v) is 4.41. The van der Waals surface area contributed by atoms with Crippen molar-refractivity contribution in [1.82, 2.24) is 14.3 Å². The number of rotatable bonds is 13. The van der Waals surface area contributed by atoms with Crippen molar-refractivity contribution in [1.29, 1.82) is 0 Å². The van der Waals surface area contributed by atoms with Gasteiger partial charge in [0.1, 0.15) is 6.73 Å². The van der Waals surface area contributed by atoms with Crippen molar-refractivity contribution >= 4 is 10.0 Å². The molecule has 0 spiro atoms. The highest BCUT2D eigenvalue weighted by molar-refractivity contribution is 7.89. The molecule has 1 atom stereocenters. The highest BCUT2D eigenvalue weighted by Crippen LogP contribution is 2.31. The molecule has 11 heteroatoms. The maximum atomic E-state index is 14.0. The normalized spacial score (nSPS) is 14.9. The molecule has 32 heavy (non-hydrogen) atoms.